The highest BCUT2D eigenvalue weighted by atomic mass is 32.2. The summed E-state index contributed by atoms with van der Waals surface area (Å²) in [4.78, 5) is 0.317. The van der Waals surface area contributed by atoms with Crippen molar-refractivity contribution in [3.05, 3.63) is 43.3 Å². The van der Waals surface area contributed by atoms with Gasteiger partial charge in [-0.3, -0.25) is 0 Å². The topological polar surface area (TPSA) is 46.2 Å². The Morgan fingerprint density at radius 3 is 2.56 bits per heavy atom. The molecular formula is C12H12NO2S. The van der Waals surface area contributed by atoms with Gasteiger partial charge >= 0.3 is 0 Å². The number of anilines is 1. The van der Waals surface area contributed by atoms with Crippen LogP contribution in [0.25, 0.3) is 10.8 Å². The lowest BCUT2D eigenvalue weighted by Crippen LogP contribution is -2.01. The fraction of sp³-hybridized carbons (Fsp3) is 0.0833. The molecule has 0 saturated carbocycles. The standard InChI is InChI=1S/C12H12NO2S/c1-2-13-12-10-6-4-3-5-9(10)7-8-11(12)16(14)15/h3-8,13,16H,1-2H2. The van der Waals surface area contributed by atoms with Crippen LogP contribution in [0.5, 0.6) is 0 Å². The van der Waals surface area contributed by atoms with Crippen LogP contribution in [0, 0.1) is 6.92 Å². The van der Waals surface area contributed by atoms with Gasteiger partial charge in [-0.2, -0.15) is 0 Å². The molecular weight excluding hydrogens is 222 g/mol. The zero-order valence-electron chi connectivity index (χ0n) is 8.64. The molecule has 0 aliphatic carbocycles. The lowest BCUT2D eigenvalue weighted by atomic mass is 10.1. The Balaban J connectivity index is 2.78. The molecule has 0 spiro atoms. The monoisotopic (exact) mass is 234 g/mol. The number of benzene rings is 2. The van der Waals surface area contributed by atoms with Gasteiger partial charge in [0, 0.05) is 11.9 Å². The molecule has 2 aromatic carbocycles. The summed E-state index contributed by atoms with van der Waals surface area (Å²) in [5.41, 5.74) is 0.643. The van der Waals surface area contributed by atoms with Crippen molar-refractivity contribution in [1.82, 2.24) is 0 Å². The molecule has 0 fully saturated rings. The van der Waals surface area contributed by atoms with Gasteiger partial charge in [0.05, 0.1) is 10.6 Å². The highest BCUT2D eigenvalue weighted by Gasteiger charge is 2.07. The molecule has 1 radical (unpaired) electrons. The SMILES string of the molecule is [CH2]CNc1c([SH](=O)=O)ccc2ccccc12. The Hall–Kier alpha value is -1.55. The van der Waals surface area contributed by atoms with E-state index in [1.165, 1.54) is 0 Å². The molecule has 0 amide bonds. The molecule has 16 heavy (non-hydrogen) atoms. The molecule has 0 bridgehead atoms. The number of rotatable bonds is 3. The summed E-state index contributed by atoms with van der Waals surface area (Å²) in [6.45, 7) is 4.13. The van der Waals surface area contributed by atoms with E-state index in [1.807, 2.05) is 30.3 Å². The number of thiol groups is 1. The minimum Gasteiger partial charge on any atom is -0.383 e. The van der Waals surface area contributed by atoms with Crippen molar-refractivity contribution in [2.75, 3.05) is 11.9 Å². The minimum atomic E-state index is -2.59. The van der Waals surface area contributed by atoms with Crippen molar-refractivity contribution >= 4 is 27.2 Å². The summed E-state index contributed by atoms with van der Waals surface area (Å²) in [6, 6.07) is 11.1. The first-order valence-electron chi connectivity index (χ1n) is 4.93. The summed E-state index contributed by atoms with van der Waals surface area (Å²) in [7, 11) is -2.59. The van der Waals surface area contributed by atoms with Crippen LogP contribution >= 0.6 is 0 Å². The van der Waals surface area contributed by atoms with Crippen LogP contribution in [0.2, 0.25) is 0 Å². The molecule has 0 saturated heterocycles. The Kier molecular flexibility index (Phi) is 3.10. The molecule has 4 heteroatoms. The first-order valence-corrected chi connectivity index (χ1v) is 6.11. The van der Waals surface area contributed by atoms with E-state index in [9.17, 15) is 8.42 Å². The highest BCUT2D eigenvalue weighted by Crippen LogP contribution is 2.28. The van der Waals surface area contributed by atoms with Crippen molar-refractivity contribution in [3.8, 4) is 0 Å². The van der Waals surface area contributed by atoms with Crippen LogP contribution in [0.1, 0.15) is 0 Å². The van der Waals surface area contributed by atoms with Crippen molar-refractivity contribution in [1.29, 1.82) is 0 Å². The third kappa shape index (κ3) is 1.88. The number of hydrogen-bond donors (Lipinski definition) is 2. The van der Waals surface area contributed by atoms with Gasteiger partial charge in [0.1, 0.15) is 0 Å². The Labute approximate surface area is 96.1 Å². The molecule has 3 nitrogen and oxygen atoms in total. The van der Waals surface area contributed by atoms with Gasteiger partial charge in [-0.15, -0.1) is 0 Å². The molecule has 0 aliphatic rings. The zero-order chi connectivity index (χ0) is 11.5. The van der Waals surface area contributed by atoms with E-state index in [0.717, 1.165) is 10.8 Å². The van der Waals surface area contributed by atoms with Crippen LogP contribution in [0.4, 0.5) is 5.69 Å². The van der Waals surface area contributed by atoms with E-state index >= 15 is 0 Å². The van der Waals surface area contributed by atoms with Gasteiger partial charge in [-0.1, -0.05) is 30.3 Å². The molecule has 83 valence electrons. The summed E-state index contributed by atoms with van der Waals surface area (Å²) in [5.74, 6) is 0. The van der Waals surface area contributed by atoms with Gasteiger partial charge in [0.25, 0.3) is 0 Å². The van der Waals surface area contributed by atoms with Crippen LogP contribution in [0.3, 0.4) is 0 Å². The molecule has 0 heterocycles. The molecule has 0 aromatic heterocycles. The fourth-order valence-electron chi connectivity index (χ4n) is 1.72. The molecule has 1 N–H and O–H groups in total. The van der Waals surface area contributed by atoms with E-state index in [4.69, 9.17) is 0 Å². The molecule has 0 aliphatic heterocycles. The molecule has 0 unspecified atom stereocenters. The predicted octanol–water partition coefficient (Wildman–Crippen LogP) is 2.06. The molecule has 2 rings (SSSR count). The second kappa shape index (κ2) is 4.53. The minimum absolute atomic E-state index is 0.317. The Morgan fingerprint density at radius 1 is 1.12 bits per heavy atom. The normalized spacial score (nSPS) is 10.9. The number of fused-ring (bicyclic) bond motifs is 1. The van der Waals surface area contributed by atoms with Crippen molar-refractivity contribution in [2.45, 2.75) is 4.90 Å². The summed E-state index contributed by atoms with van der Waals surface area (Å²) < 4.78 is 22.2. The third-order valence-electron chi connectivity index (χ3n) is 2.41. The van der Waals surface area contributed by atoms with Gasteiger partial charge in [-0.25, -0.2) is 8.42 Å². The third-order valence-corrected chi connectivity index (χ3v) is 3.17. The van der Waals surface area contributed by atoms with Crippen molar-refractivity contribution < 1.29 is 8.42 Å². The first-order chi connectivity index (χ1) is 7.74. The smallest absolute Gasteiger partial charge is 0.170 e. The average Bonchev–Trinajstić information content (AvgIpc) is 2.29. The van der Waals surface area contributed by atoms with Crippen LogP contribution in [-0.4, -0.2) is 15.0 Å². The molecule has 2 aromatic rings. The Morgan fingerprint density at radius 2 is 1.88 bits per heavy atom. The predicted molar refractivity (Wildman–Crippen MR) is 66.4 cm³/mol. The van der Waals surface area contributed by atoms with Crippen LogP contribution in [0.15, 0.2) is 41.3 Å². The van der Waals surface area contributed by atoms with Gasteiger partial charge in [-0.05, 0) is 18.4 Å². The van der Waals surface area contributed by atoms with E-state index < -0.39 is 10.7 Å². The van der Waals surface area contributed by atoms with Gasteiger partial charge < -0.3 is 5.32 Å². The van der Waals surface area contributed by atoms with Crippen molar-refractivity contribution in [3.63, 3.8) is 0 Å². The maximum atomic E-state index is 11.1. The maximum absolute atomic E-state index is 11.1. The summed E-state index contributed by atoms with van der Waals surface area (Å²) in [6.07, 6.45) is 0. The van der Waals surface area contributed by atoms with Crippen LogP contribution < -0.4 is 5.32 Å². The van der Waals surface area contributed by atoms with E-state index in [2.05, 4.69) is 12.2 Å². The van der Waals surface area contributed by atoms with Gasteiger partial charge in [0.15, 0.2) is 10.7 Å². The lowest BCUT2D eigenvalue weighted by Gasteiger charge is -2.10. The first kappa shape index (κ1) is 11.0. The largest absolute Gasteiger partial charge is 0.383 e. The van der Waals surface area contributed by atoms with Crippen LogP contribution in [-0.2, 0) is 10.7 Å². The second-order valence-electron chi connectivity index (χ2n) is 3.36. The maximum Gasteiger partial charge on any atom is 0.170 e. The quantitative estimate of drug-likeness (QED) is 0.799. The van der Waals surface area contributed by atoms with Crippen molar-refractivity contribution in [2.24, 2.45) is 0 Å². The lowest BCUT2D eigenvalue weighted by molar-refractivity contribution is 0.615. The summed E-state index contributed by atoms with van der Waals surface area (Å²) >= 11 is 0. The van der Waals surface area contributed by atoms with E-state index in [0.29, 0.717) is 17.1 Å². The number of hydrogen-bond acceptors (Lipinski definition) is 3. The fourth-order valence-corrected chi connectivity index (χ4v) is 2.30. The Bertz CT molecular complexity index is 583. The highest BCUT2D eigenvalue weighted by molar-refractivity contribution is 7.72. The van der Waals surface area contributed by atoms with Gasteiger partial charge in [0.2, 0.25) is 0 Å². The van der Waals surface area contributed by atoms with E-state index in [-0.39, 0.29) is 0 Å². The zero-order valence-corrected chi connectivity index (χ0v) is 9.54. The summed E-state index contributed by atoms with van der Waals surface area (Å²) in [5, 5.41) is 4.92. The number of nitrogens with one attached hydrogen (secondary N) is 1. The molecule has 0 atom stereocenters. The van der Waals surface area contributed by atoms with E-state index in [1.54, 1.807) is 6.07 Å². The average molecular weight is 234 g/mol. The second-order valence-corrected chi connectivity index (χ2v) is 4.36.